The van der Waals surface area contributed by atoms with Crippen LogP contribution in [0.4, 0.5) is 0 Å². The zero-order valence-corrected chi connectivity index (χ0v) is 12.7. The van der Waals surface area contributed by atoms with Gasteiger partial charge in [0, 0.05) is 24.0 Å². The Labute approximate surface area is 116 Å². The van der Waals surface area contributed by atoms with Crippen LogP contribution in [0.1, 0.15) is 22.6 Å². The minimum Gasteiger partial charge on any atom is -0.316 e. The highest BCUT2D eigenvalue weighted by molar-refractivity contribution is 9.10. The van der Waals surface area contributed by atoms with Crippen LogP contribution in [-0.4, -0.2) is 21.8 Å². The second-order valence-electron chi connectivity index (χ2n) is 4.38. The normalized spacial score (nSPS) is 10.9. The van der Waals surface area contributed by atoms with Crippen molar-refractivity contribution < 1.29 is 0 Å². The molecular weight excluding hydrogens is 292 g/mol. The van der Waals surface area contributed by atoms with Crippen LogP contribution < -0.4 is 5.32 Å². The minimum atomic E-state index is 0.776. The van der Waals surface area contributed by atoms with E-state index < -0.39 is 0 Å². The van der Waals surface area contributed by atoms with Gasteiger partial charge in [0.2, 0.25) is 0 Å². The predicted octanol–water partition coefficient (Wildman–Crippen LogP) is 2.67. The number of hydrogen-bond acceptors (Lipinski definition) is 3. The molecule has 18 heavy (non-hydrogen) atoms. The van der Waals surface area contributed by atoms with Gasteiger partial charge in [0.05, 0.1) is 21.5 Å². The van der Waals surface area contributed by atoms with Crippen LogP contribution in [-0.2, 0) is 6.54 Å². The van der Waals surface area contributed by atoms with E-state index in [0.29, 0.717) is 0 Å². The number of aromatic nitrogens is 3. The van der Waals surface area contributed by atoms with Gasteiger partial charge in [-0.15, -0.1) is 0 Å². The zero-order valence-electron chi connectivity index (χ0n) is 11.1. The quantitative estimate of drug-likeness (QED) is 0.948. The number of aryl methyl sites for hydroxylation is 2. The Balaban J connectivity index is 2.61. The first-order chi connectivity index (χ1) is 8.54. The summed E-state index contributed by atoms with van der Waals surface area (Å²) in [7, 11) is 1.93. The van der Waals surface area contributed by atoms with Crippen LogP contribution in [0.15, 0.2) is 16.7 Å². The van der Waals surface area contributed by atoms with Crippen molar-refractivity contribution in [2.75, 3.05) is 7.05 Å². The molecule has 2 heterocycles. The smallest absolute Gasteiger partial charge is 0.0743 e. The van der Waals surface area contributed by atoms with Gasteiger partial charge >= 0.3 is 0 Å². The molecule has 0 amide bonds. The van der Waals surface area contributed by atoms with Gasteiger partial charge in [-0.3, -0.25) is 4.98 Å². The SMILES string of the molecule is CNCc1cnc(C)cc1-n1nc(C)c(Br)c1C. The van der Waals surface area contributed by atoms with Crippen LogP contribution >= 0.6 is 15.9 Å². The summed E-state index contributed by atoms with van der Waals surface area (Å²) in [5, 5.41) is 7.74. The second-order valence-corrected chi connectivity index (χ2v) is 5.17. The van der Waals surface area contributed by atoms with Crippen molar-refractivity contribution in [2.45, 2.75) is 27.3 Å². The summed E-state index contributed by atoms with van der Waals surface area (Å²) in [4.78, 5) is 4.35. The number of hydrogen-bond donors (Lipinski definition) is 1. The number of nitrogens with one attached hydrogen (secondary N) is 1. The maximum absolute atomic E-state index is 4.58. The lowest BCUT2D eigenvalue weighted by atomic mass is 10.2. The summed E-state index contributed by atoms with van der Waals surface area (Å²) in [6.45, 7) is 6.83. The van der Waals surface area contributed by atoms with Crippen molar-refractivity contribution in [3.8, 4) is 5.69 Å². The van der Waals surface area contributed by atoms with E-state index in [4.69, 9.17) is 0 Å². The third-order valence-electron chi connectivity index (χ3n) is 2.90. The summed E-state index contributed by atoms with van der Waals surface area (Å²) in [6.07, 6.45) is 1.91. The van der Waals surface area contributed by atoms with E-state index in [2.05, 4.69) is 44.3 Å². The highest BCUT2D eigenvalue weighted by Crippen LogP contribution is 2.24. The first-order valence-corrected chi connectivity index (χ1v) is 6.66. The van der Waals surface area contributed by atoms with Crippen molar-refractivity contribution in [3.05, 3.63) is 39.4 Å². The maximum Gasteiger partial charge on any atom is 0.0743 e. The molecule has 96 valence electrons. The first kappa shape index (κ1) is 13.2. The fourth-order valence-electron chi connectivity index (χ4n) is 1.96. The molecule has 2 aromatic rings. The van der Waals surface area contributed by atoms with Crippen LogP contribution in [0.2, 0.25) is 0 Å². The summed E-state index contributed by atoms with van der Waals surface area (Å²) in [5.41, 5.74) is 5.32. The van der Waals surface area contributed by atoms with E-state index in [1.54, 1.807) is 0 Å². The van der Waals surface area contributed by atoms with Crippen molar-refractivity contribution >= 4 is 15.9 Å². The first-order valence-electron chi connectivity index (χ1n) is 5.86. The van der Waals surface area contributed by atoms with Gasteiger partial charge < -0.3 is 5.32 Å². The van der Waals surface area contributed by atoms with Crippen molar-refractivity contribution in [3.63, 3.8) is 0 Å². The van der Waals surface area contributed by atoms with Gasteiger partial charge in [0.1, 0.15) is 0 Å². The number of pyridine rings is 1. The van der Waals surface area contributed by atoms with E-state index in [-0.39, 0.29) is 0 Å². The number of halogens is 1. The second kappa shape index (κ2) is 5.20. The lowest BCUT2D eigenvalue weighted by Gasteiger charge is -2.11. The fourth-order valence-corrected chi connectivity index (χ4v) is 2.20. The van der Waals surface area contributed by atoms with Crippen LogP contribution in [0.5, 0.6) is 0 Å². The van der Waals surface area contributed by atoms with Gasteiger partial charge in [-0.25, -0.2) is 4.68 Å². The highest BCUT2D eigenvalue weighted by Gasteiger charge is 2.13. The Morgan fingerprint density at radius 1 is 1.33 bits per heavy atom. The molecule has 0 fully saturated rings. The molecule has 2 aromatic heterocycles. The fraction of sp³-hybridized carbons (Fsp3) is 0.385. The lowest BCUT2D eigenvalue weighted by Crippen LogP contribution is -2.11. The highest BCUT2D eigenvalue weighted by atomic mass is 79.9. The summed E-state index contributed by atoms with van der Waals surface area (Å²) >= 11 is 3.56. The molecule has 0 aliphatic heterocycles. The van der Waals surface area contributed by atoms with Crippen molar-refractivity contribution in [1.82, 2.24) is 20.1 Å². The molecule has 0 unspecified atom stereocenters. The topological polar surface area (TPSA) is 42.7 Å². The van der Waals surface area contributed by atoms with Crippen molar-refractivity contribution in [2.24, 2.45) is 0 Å². The van der Waals surface area contributed by atoms with E-state index in [1.165, 1.54) is 0 Å². The summed E-state index contributed by atoms with van der Waals surface area (Å²) in [6, 6.07) is 2.07. The zero-order chi connectivity index (χ0) is 13.3. The summed E-state index contributed by atoms with van der Waals surface area (Å²) in [5.74, 6) is 0. The largest absolute Gasteiger partial charge is 0.316 e. The molecule has 4 nitrogen and oxygen atoms in total. The van der Waals surface area contributed by atoms with E-state index in [0.717, 1.165) is 39.4 Å². The number of rotatable bonds is 3. The molecule has 5 heteroatoms. The third-order valence-corrected chi connectivity index (χ3v) is 4.04. The molecule has 0 atom stereocenters. The van der Waals surface area contributed by atoms with Gasteiger partial charge in [-0.2, -0.15) is 5.10 Å². The average Bonchev–Trinajstić information content (AvgIpc) is 2.60. The van der Waals surface area contributed by atoms with Crippen molar-refractivity contribution in [1.29, 1.82) is 0 Å². The third kappa shape index (κ3) is 2.33. The molecule has 0 saturated heterocycles. The van der Waals surface area contributed by atoms with Crippen LogP contribution in [0, 0.1) is 20.8 Å². The van der Waals surface area contributed by atoms with Gasteiger partial charge in [0.15, 0.2) is 0 Å². The van der Waals surface area contributed by atoms with E-state index in [1.807, 2.05) is 31.8 Å². The standard InChI is InChI=1S/C13H17BrN4/c1-8-5-12(11(6-15-4)7-16-8)18-10(3)13(14)9(2)17-18/h5,7,15H,6H2,1-4H3. The van der Waals surface area contributed by atoms with E-state index >= 15 is 0 Å². The molecule has 2 rings (SSSR count). The Morgan fingerprint density at radius 3 is 2.61 bits per heavy atom. The average molecular weight is 309 g/mol. The summed E-state index contributed by atoms with van der Waals surface area (Å²) < 4.78 is 3.04. The van der Waals surface area contributed by atoms with Crippen LogP contribution in [0.3, 0.4) is 0 Å². The molecule has 0 aliphatic rings. The Kier molecular flexibility index (Phi) is 3.82. The maximum atomic E-state index is 4.58. The Bertz CT molecular complexity index is 575. The lowest BCUT2D eigenvalue weighted by molar-refractivity contribution is 0.768. The van der Waals surface area contributed by atoms with E-state index in [9.17, 15) is 0 Å². The van der Waals surface area contributed by atoms with Crippen LogP contribution in [0.25, 0.3) is 5.69 Å². The molecular formula is C13H17BrN4. The van der Waals surface area contributed by atoms with Gasteiger partial charge in [0.25, 0.3) is 0 Å². The Morgan fingerprint density at radius 2 is 2.06 bits per heavy atom. The molecule has 0 aliphatic carbocycles. The molecule has 0 bridgehead atoms. The minimum absolute atomic E-state index is 0.776. The number of nitrogens with zero attached hydrogens (tertiary/aromatic N) is 3. The predicted molar refractivity (Wildman–Crippen MR) is 76.0 cm³/mol. The monoisotopic (exact) mass is 308 g/mol. The molecule has 0 radical (unpaired) electrons. The molecule has 0 saturated carbocycles. The molecule has 0 aromatic carbocycles. The Hall–Kier alpha value is -1.20. The van der Waals surface area contributed by atoms with Gasteiger partial charge in [-0.05, 0) is 49.8 Å². The molecule has 1 N–H and O–H groups in total. The van der Waals surface area contributed by atoms with Gasteiger partial charge in [-0.1, -0.05) is 0 Å². The molecule has 0 spiro atoms.